The molecule has 0 bridgehead atoms. The molecular formula is C21H26N4O4S. The Hall–Kier alpha value is -2.17. The molecule has 9 heteroatoms. The smallest absolute Gasteiger partial charge is 0.241 e. The summed E-state index contributed by atoms with van der Waals surface area (Å²) in [6.45, 7) is 3.79. The van der Waals surface area contributed by atoms with E-state index in [-0.39, 0.29) is 24.8 Å². The lowest BCUT2D eigenvalue weighted by Gasteiger charge is -2.36. The van der Waals surface area contributed by atoms with Crippen LogP contribution in [-0.2, 0) is 4.79 Å². The van der Waals surface area contributed by atoms with Crippen molar-refractivity contribution in [2.24, 2.45) is 0 Å². The average molecular weight is 431 g/mol. The number of nitrogens with zero attached hydrogens (tertiary/aromatic N) is 2. The quantitative estimate of drug-likeness (QED) is 0.659. The van der Waals surface area contributed by atoms with Crippen molar-refractivity contribution in [3.05, 3.63) is 46.2 Å². The van der Waals surface area contributed by atoms with Crippen LogP contribution < -0.4 is 20.3 Å². The van der Waals surface area contributed by atoms with Crippen molar-refractivity contribution in [2.45, 2.75) is 24.6 Å². The summed E-state index contributed by atoms with van der Waals surface area (Å²) in [4.78, 5) is 18.1. The number of benzene rings is 1. The Morgan fingerprint density at radius 3 is 2.80 bits per heavy atom. The second-order valence-electron chi connectivity index (χ2n) is 7.90. The van der Waals surface area contributed by atoms with E-state index in [1.165, 1.54) is 0 Å². The monoisotopic (exact) mass is 430 g/mol. The molecule has 160 valence electrons. The number of fused-ring (bicyclic) bond motifs is 1. The van der Waals surface area contributed by atoms with Crippen molar-refractivity contribution in [1.82, 2.24) is 20.7 Å². The van der Waals surface area contributed by atoms with Crippen LogP contribution in [0, 0.1) is 0 Å². The first-order valence-corrected chi connectivity index (χ1v) is 11.2. The minimum Gasteiger partial charge on any atom is -0.454 e. The van der Waals surface area contributed by atoms with Gasteiger partial charge in [0.2, 0.25) is 12.7 Å². The normalized spacial score (nSPS) is 24.9. The lowest BCUT2D eigenvalue weighted by Crippen LogP contribution is -2.54. The summed E-state index contributed by atoms with van der Waals surface area (Å²) in [6, 6.07) is 9.63. The Balaban J connectivity index is 1.12. The van der Waals surface area contributed by atoms with E-state index in [0.717, 1.165) is 35.0 Å². The number of aliphatic hydroxyl groups is 1. The SMILES string of the molecule is O=C(C1CC(c2ccc3c(c2)OCO3)NN1)N1CCN(CC(O)c2cccs2)CC1. The highest BCUT2D eigenvalue weighted by Crippen LogP contribution is 2.35. The lowest BCUT2D eigenvalue weighted by molar-refractivity contribution is -0.135. The topological polar surface area (TPSA) is 86.3 Å². The van der Waals surface area contributed by atoms with E-state index >= 15 is 0 Å². The minimum absolute atomic E-state index is 0.0516. The molecule has 2 aromatic rings. The molecule has 1 aromatic carbocycles. The molecule has 4 heterocycles. The van der Waals surface area contributed by atoms with Crippen LogP contribution in [0.1, 0.15) is 29.0 Å². The van der Waals surface area contributed by atoms with Crippen LogP contribution in [0.4, 0.5) is 0 Å². The van der Waals surface area contributed by atoms with Gasteiger partial charge in [-0.2, -0.15) is 0 Å². The predicted octanol–water partition coefficient (Wildman–Crippen LogP) is 1.26. The number of β-amino-alcohol motifs (C(OH)–C–C–N with tert-alkyl or cyclic N) is 1. The number of aliphatic hydroxyl groups excluding tert-OH is 1. The minimum atomic E-state index is -0.463. The number of carbonyl (C=O) groups excluding carboxylic acids is 1. The zero-order chi connectivity index (χ0) is 20.5. The molecule has 3 unspecified atom stereocenters. The average Bonchev–Trinajstić information content (AvgIpc) is 3.54. The van der Waals surface area contributed by atoms with Crippen LogP contribution in [0.3, 0.4) is 0 Å². The highest BCUT2D eigenvalue weighted by molar-refractivity contribution is 7.10. The molecule has 8 nitrogen and oxygen atoms in total. The number of rotatable bonds is 5. The standard InChI is InChI=1S/C21H26N4O4S/c26-17(20-2-1-9-30-20)12-24-5-7-25(8-6-24)21(27)16-11-15(22-23-16)14-3-4-18-19(10-14)29-13-28-18/h1-4,9-10,15-17,22-23,26H,5-8,11-13H2. The maximum Gasteiger partial charge on any atom is 0.241 e. The van der Waals surface area contributed by atoms with Crippen LogP contribution >= 0.6 is 11.3 Å². The summed E-state index contributed by atoms with van der Waals surface area (Å²) in [7, 11) is 0. The fraction of sp³-hybridized carbons (Fsp3) is 0.476. The number of ether oxygens (including phenoxy) is 2. The molecule has 0 aliphatic carbocycles. The van der Waals surface area contributed by atoms with Gasteiger partial charge in [0.05, 0.1) is 0 Å². The number of thiophene rings is 1. The number of hydrazine groups is 1. The number of piperazine rings is 1. The molecule has 1 aromatic heterocycles. The van der Waals surface area contributed by atoms with Crippen molar-refractivity contribution in [2.75, 3.05) is 39.5 Å². The van der Waals surface area contributed by atoms with Crippen LogP contribution in [0.15, 0.2) is 35.7 Å². The summed E-state index contributed by atoms with van der Waals surface area (Å²) < 4.78 is 10.8. The van der Waals surface area contributed by atoms with Gasteiger partial charge < -0.3 is 19.5 Å². The van der Waals surface area contributed by atoms with Crippen LogP contribution in [0.2, 0.25) is 0 Å². The van der Waals surface area contributed by atoms with Gasteiger partial charge in [0.1, 0.15) is 12.1 Å². The Kier molecular flexibility index (Phi) is 5.62. The molecule has 1 amide bonds. The van der Waals surface area contributed by atoms with Gasteiger partial charge in [-0.1, -0.05) is 12.1 Å². The molecule has 0 radical (unpaired) electrons. The molecule has 30 heavy (non-hydrogen) atoms. The molecule has 3 N–H and O–H groups in total. The molecule has 3 atom stereocenters. The maximum absolute atomic E-state index is 13.0. The van der Waals surface area contributed by atoms with E-state index in [1.807, 2.05) is 40.6 Å². The third-order valence-electron chi connectivity index (χ3n) is 5.99. The molecule has 2 fully saturated rings. The molecule has 3 aliphatic rings. The van der Waals surface area contributed by atoms with Crippen molar-refractivity contribution in [3.63, 3.8) is 0 Å². The van der Waals surface area contributed by atoms with Gasteiger partial charge >= 0.3 is 0 Å². The van der Waals surface area contributed by atoms with E-state index < -0.39 is 6.10 Å². The van der Waals surface area contributed by atoms with Crippen LogP contribution in [0.5, 0.6) is 11.5 Å². The van der Waals surface area contributed by atoms with Gasteiger partial charge in [0.25, 0.3) is 0 Å². The highest BCUT2D eigenvalue weighted by Gasteiger charge is 2.34. The second kappa shape index (κ2) is 8.52. The van der Waals surface area contributed by atoms with Gasteiger partial charge in [0.15, 0.2) is 11.5 Å². The van der Waals surface area contributed by atoms with E-state index in [9.17, 15) is 9.90 Å². The molecule has 5 rings (SSSR count). The number of hydrogen-bond donors (Lipinski definition) is 3. The molecular weight excluding hydrogens is 404 g/mol. The van der Waals surface area contributed by atoms with Gasteiger partial charge in [0, 0.05) is 43.6 Å². The summed E-state index contributed by atoms with van der Waals surface area (Å²) in [6.07, 6.45) is 0.228. The predicted molar refractivity (Wildman–Crippen MR) is 112 cm³/mol. The lowest BCUT2D eigenvalue weighted by atomic mass is 10.0. The Labute approximate surface area is 179 Å². The van der Waals surface area contributed by atoms with E-state index in [1.54, 1.807) is 11.3 Å². The third-order valence-corrected chi connectivity index (χ3v) is 6.96. The van der Waals surface area contributed by atoms with Gasteiger partial charge in [-0.05, 0) is 35.6 Å². The zero-order valence-electron chi connectivity index (χ0n) is 16.6. The van der Waals surface area contributed by atoms with Crippen molar-refractivity contribution in [1.29, 1.82) is 0 Å². The van der Waals surface area contributed by atoms with Gasteiger partial charge in [-0.3, -0.25) is 9.69 Å². The van der Waals surface area contributed by atoms with E-state index in [4.69, 9.17) is 9.47 Å². The number of amides is 1. The fourth-order valence-corrected chi connectivity index (χ4v) is 4.96. The Bertz CT molecular complexity index is 885. The fourth-order valence-electron chi connectivity index (χ4n) is 4.25. The van der Waals surface area contributed by atoms with E-state index in [0.29, 0.717) is 26.1 Å². The number of hydrogen-bond acceptors (Lipinski definition) is 8. The molecule has 2 saturated heterocycles. The summed E-state index contributed by atoms with van der Waals surface area (Å²) in [5, 5.41) is 12.3. The Morgan fingerprint density at radius 2 is 2.00 bits per heavy atom. The van der Waals surface area contributed by atoms with Crippen molar-refractivity contribution < 1.29 is 19.4 Å². The van der Waals surface area contributed by atoms with Gasteiger partial charge in [-0.25, -0.2) is 10.9 Å². The summed E-state index contributed by atoms with van der Waals surface area (Å²) in [5.74, 6) is 1.65. The largest absolute Gasteiger partial charge is 0.454 e. The van der Waals surface area contributed by atoms with Crippen molar-refractivity contribution in [3.8, 4) is 11.5 Å². The maximum atomic E-state index is 13.0. The van der Waals surface area contributed by atoms with E-state index in [2.05, 4.69) is 15.8 Å². The first-order chi connectivity index (χ1) is 14.7. The highest BCUT2D eigenvalue weighted by atomic mass is 32.1. The number of nitrogens with one attached hydrogen (secondary N) is 2. The number of carbonyl (C=O) groups is 1. The zero-order valence-corrected chi connectivity index (χ0v) is 17.4. The van der Waals surface area contributed by atoms with Crippen LogP contribution in [-0.4, -0.2) is 66.4 Å². The van der Waals surface area contributed by atoms with Crippen molar-refractivity contribution >= 4 is 17.2 Å². The second-order valence-corrected chi connectivity index (χ2v) is 8.88. The first-order valence-electron chi connectivity index (χ1n) is 10.3. The molecule has 0 saturated carbocycles. The first kappa shape index (κ1) is 19.8. The summed E-state index contributed by atoms with van der Waals surface area (Å²) in [5.41, 5.74) is 7.49. The van der Waals surface area contributed by atoms with Crippen LogP contribution in [0.25, 0.3) is 0 Å². The molecule has 3 aliphatic heterocycles. The van der Waals surface area contributed by atoms with Gasteiger partial charge in [-0.15, -0.1) is 11.3 Å². The summed E-state index contributed by atoms with van der Waals surface area (Å²) >= 11 is 1.58. The molecule has 0 spiro atoms. The third kappa shape index (κ3) is 4.03. The Morgan fingerprint density at radius 1 is 1.17 bits per heavy atom.